The number of nitrogens with two attached hydrogens (primary N) is 1. The van der Waals surface area contributed by atoms with E-state index in [0.717, 1.165) is 35.1 Å². The number of pyridine rings is 1. The molecule has 2 aromatic rings. The zero-order valence-corrected chi connectivity index (χ0v) is 14.3. The van der Waals surface area contributed by atoms with Crippen LogP contribution in [0.1, 0.15) is 56.7 Å². The van der Waals surface area contributed by atoms with Gasteiger partial charge in [-0.25, -0.2) is 0 Å². The molecule has 4 nitrogen and oxygen atoms in total. The SMILES string of the molecule is CC(=O)Nc1ccc2nc3c(c(N)c2c1)CC1(CCCCC1)CC3. The molecule has 0 aliphatic heterocycles. The molecular formula is C20H25N3O. The fraction of sp³-hybridized carbons (Fsp3) is 0.500. The molecule has 1 saturated carbocycles. The molecule has 2 aliphatic rings. The second-order valence-electron chi connectivity index (χ2n) is 7.60. The smallest absolute Gasteiger partial charge is 0.221 e. The predicted octanol–water partition coefficient (Wildman–Crippen LogP) is 4.21. The van der Waals surface area contributed by atoms with Gasteiger partial charge in [-0.1, -0.05) is 19.3 Å². The summed E-state index contributed by atoms with van der Waals surface area (Å²) in [5.41, 5.74) is 12.1. The molecule has 0 bridgehead atoms. The first-order chi connectivity index (χ1) is 11.6. The second kappa shape index (κ2) is 5.76. The van der Waals surface area contributed by atoms with Crippen LogP contribution in [0.3, 0.4) is 0 Å². The van der Waals surface area contributed by atoms with Crippen molar-refractivity contribution in [2.24, 2.45) is 5.41 Å². The van der Waals surface area contributed by atoms with Crippen molar-refractivity contribution in [2.75, 3.05) is 11.1 Å². The number of carbonyl (C=O) groups is 1. The normalized spacial score (nSPS) is 19.2. The van der Waals surface area contributed by atoms with E-state index in [1.165, 1.54) is 56.7 Å². The van der Waals surface area contributed by atoms with Gasteiger partial charge in [0, 0.05) is 29.4 Å². The van der Waals surface area contributed by atoms with E-state index in [1.54, 1.807) is 0 Å². The van der Waals surface area contributed by atoms with Crippen molar-refractivity contribution in [1.82, 2.24) is 4.98 Å². The number of hydrogen-bond donors (Lipinski definition) is 2. The minimum Gasteiger partial charge on any atom is -0.398 e. The number of nitrogens with zero attached hydrogens (tertiary/aromatic N) is 1. The molecule has 3 N–H and O–H groups in total. The van der Waals surface area contributed by atoms with Gasteiger partial charge in [0.1, 0.15) is 0 Å². The standard InChI is InChI=1S/C20H25N3O/c1-13(24)22-14-5-6-17-15(11-14)19(21)16-12-20(8-3-2-4-9-20)10-7-18(16)23-17/h5-6,11H,2-4,7-10,12H2,1H3,(H2,21,23)(H,22,24). The highest BCUT2D eigenvalue weighted by Crippen LogP contribution is 2.48. The number of benzene rings is 1. The average Bonchev–Trinajstić information content (AvgIpc) is 2.57. The monoisotopic (exact) mass is 323 g/mol. The first-order valence-corrected chi connectivity index (χ1v) is 9.05. The van der Waals surface area contributed by atoms with Crippen LogP contribution in [0.4, 0.5) is 11.4 Å². The van der Waals surface area contributed by atoms with Crippen molar-refractivity contribution in [1.29, 1.82) is 0 Å². The zero-order valence-electron chi connectivity index (χ0n) is 14.3. The molecule has 1 spiro atoms. The molecule has 4 rings (SSSR count). The third-order valence-electron chi connectivity index (χ3n) is 5.89. The van der Waals surface area contributed by atoms with Gasteiger partial charge in [0.2, 0.25) is 5.91 Å². The van der Waals surface area contributed by atoms with E-state index in [0.29, 0.717) is 5.41 Å². The van der Waals surface area contributed by atoms with Crippen molar-refractivity contribution < 1.29 is 4.79 Å². The lowest BCUT2D eigenvalue weighted by Crippen LogP contribution is -2.32. The predicted molar refractivity (Wildman–Crippen MR) is 98.0 cm³/mol. The molecule has 1 fully saturated rings. The van der Waals surface area contributed by atoms with Crippen molar-refractivity contribution >= 4 is 28.2 Å². The van der Waals surface area contributed by atoms with Crippen LogP contribution in [-0.4, -0.2) is 10.9 Å². The Bertz CT molecular complexity index is 806. The molecule has 1 aromatic carbocycles. The van der Waals surface area contributed by atoms with E-state index in [2.05, 4.69) is 5.32 Å². The van der Waals surface area contributed by atoms with Crippen LogP contribution < -0.4 is 11.1 Å². The lowest BCUT2D eigenvalue weighted by Gasteiger charge is -2.41. The topological polar surface area (TPSA) is 68.0 Å². The molecular weight excluding hydrogens is 298 g/mol. The molecule has 0 atom stereocenters. The number of hydrogen-bond acceptors (Lipinski definition) is 3. The summed E-state index contributed by atoms with van der Waals surface area (Å²) in [6, 6.07) is 5.82. The summed E-state index contributed by atoms with van der Waals surface area (Å²) in [7, 11) is 0. The first-order valence-electron chi connectivity index (χ1n) is 9.05. The number of rotatable bonds is 1. The van der Waals surface area contributed by atoms with Crippen LogP contribution in [-0.2, 0) is 17.6 Å². The lowest BCUT2D eigenvalue weighted by atomic mass is 9.64. The summed E-state index contributed by atoms with van der Waals surface area (Å²) in [6.07, 6.45) is 10.1. The van der Waals surface area contributed by atoms with Crippen LogP contribution >= 0.6 is 0 Å². The Labute approximate surface area is 142 Å². The number of anilines is 2. The quantitative estimate of drug-likeness (QED) is 0.826. The van der Waals surface area contributed by atoms with Gasteiger partial charge < -0.3 is 11.1 Å². The van der Waals surface area contributed by atoms with Crippen LogP contribution in [0, 0.1) is 5.41 Å². The van der Waals surface area contributed by atoms with Gasteiger partial charge in [-0.3, -0.25) is 9.78 Å². The number of nitrogen functional groups attached to an aromatic ring is 1. The largest absolute Gasteiger partial charge is 0.398 e. The Balaban J connectivity index is 1.77. The van der Waals surface area contributed by atoms with Crippen LogP contribution in [0.5, 0.6) is 0 Å². The molecule has 1 amide bonds. The highest BCUT2D eigenvalue weighted by Gasteiger charge is 2.37. The van der Waals surface area contributed by atoms with E-state index >= 15 is 0 Å². The average molecular weight is 323 g/mol. The minimum atomic E-state index is -0.0694. The molecule has 24 heavy (non-hydrogen) atoms. The van der Waals surface area contributed by atoms with Gasteiger partial charge in [-0.05, 0) is 61.3 Å². The van der Waals surface area contributed by atoms with Crippen molar-refractivity contribution in [3.63, 3.8) is 0 Å². The second-order valence-corrected chi connectivity index (χ2v) is 7.60. The van der Waals surface area contributed by atoms with E-state index in [9.17, 15) is 4.79 Å². The van der Waals surface area contributed by atoms with Crippen molar-refractivity contribution in [3.05, 3.63) is 29.5 Å². The van der Waals surface area contributed by atoms with Gasteiger partial charge in [0.15, 0.2) is 0 Å². The third-order valence-corrected chi connectivity index (χ3v) is 5.89. The van der Waals surface area contributed by atoms with Crippen LogP contribution in [0.15, 0.2) is 18.2 Å². The molecule has 0 radical (unpaired) electrons. The highest BCUT2D eigenvalue weighted by molar-refractivity contribution is 5.97. The molecule has 0 saturated heterocycles. The van der Waals surface area contributed by atoms with Gasteiger partial charge in [-0.15, -0.1) is 0 Å². The van der Waals surface area contributed by atoms with Crippen LogP contribution in [0.2, 0.25) is 0 Å². The van der Waals surface area contributed by atoms with Crippen molar-refractivity contribution in [3.8, 4) is 0 Å². The maximum atomic E-state index is 11.3. The molecule has 0 unspecified atom stereocenters. The van der Waals surface area contributed by atoms with E-state index in [1.807, 2.05) is 18.2 Å². The summed E-state index contributed by atoms with van der Waals surface area (Å²) in [4.78, 5) is 16.2. The zero-order chi connectivity index (χ0) is 16.7. The Morgan fingerprint density at radius 3 is 2.75 bits per heavy atom. The Morgan fingerprint density at radius 2 is 2.00 bits per heavy atom. The van der Waals surface area contributed by atoms with E-state index < -0.39 is 0 Å². The maximum absolute atomic E-state index is 11.3. The molecule has 1 heterocycles. The van der Waals surface area contributed by atoms with Crippen LogP contribution in [0.25, 0.3) is 10.9 Å². The highest BCUT2D eigenvalue weighted by atomic mass is 16.1. The Kier molecular flexibility index (Phi) is 3.70. The number of amides is 1. The minimum absolute atomic E-state index is 0.0694. The molecule has 1 aromatic heterocycles. The van der Waals surface area contributed by atoms with E-state index in [-0.39, 0.29) is 5.91 Å². The number of aromatic nitrogens is 1. The lowest BCUT2D eigenvalue weighted by molar-refractivity contribution is -0.114. The summed E-state index contributed by atoms with van der Waals surface area (Å²) in [6.45, 7) is 1.52. The maximum Gasteiger partial charge on any atom is 0.221 e. The van der Waals surface area contributed by atoms with Gasteiger partial charge >= 0.3 is 0 Å². The third kappa shape index (κ3) is 2.64. The molecule has 4 heteroatoms. The summed E-state index contributed by atoms with van der Waals surface area (Å²) < 4.78 is 0. The molecule has 126 valence electrons. The number of nitrogens with one attached hydrogen (secondary N) is 1. The van der Waals surface area contributed by atoms with Gasteiger partial charge in [0.05, 0.1) is 5.52 Å². The van der Waals surface area contributed by atoms with Gasteiger partial charge in [-0.2, -0.15) is 0 Å². The Hall–Kier alpha value is -2.10. The summed E-state index contributed by atoms with van der Waals surface area (Å²) in [5, 5.41) is 3.80. The summed E-state index contributed by atoms with van der Waals surface area (Å²) in [5.74, 6) is -0.0694. The fourth-order valence-electron chi connectivity index (χ4n) is 4.64. The number of aryl methyl sites for hydroxylation is 1. The first kappa shape index (κ1) is 15.4. The van der Waals surface area contributed by atoms with E-state index in [4.69, 9.17) is 10.7 Å². The van der Waals surface area contributed by atoms with Gasteiger partial charge in [0.25, 0.3) is 0 Å². The summed E-state index contributed by atoms with van der Waals surface area (Å²) >= 11 is 0. The van der Waals surface area contributed by atoms with Crippen molar-refractivity contribution in [2.45, 2.75) is 58.3 Å². The molecule has 2 aliphatic carbocycles. The number of carbonyl (C=O) groups excluding carboxylic acids is 1. The number of fused-ring (bicyclic) bond motifs is 2. The fourth-order valence-corrected chi connectivity index (χ4v) is 4.64. The Morgan fingerprint density at radius 1 is 1.21 bits per heavy atom.